The summed E-state index contributed by atoms with van der Waals surface area (Å²) in [6.07, 6.45) is 8.63. The molecule has 6 heteroatoms. The summed E-state index contributed by atoms with van der Waals surface area (Å²) in [6, 6.07) is 0. The van der Waals surface area contributed by atoms with Gasteiger partial charge in [0.2, 0.25) is 0 Å². The number of carbonyl (C=O) groups is 2. The zero-order valence-electron chi connectivity index (χ0n) is 18.3. The van der Waals surface area contributed by atoms with Crippen LogP contribution in [0.4, 0.5) is 0 Å². The summed E-state index contributed by atoms with van der Waals surface area (Å²) in [5.74, 6) is 0.0450. The summed E-state index contributed by atoms with van der Waals surface area (Å²) in [4.78, 5) is 23.4. The van der Waals surface area contributed by atoms with Crippen molar-refractivity contribution in [3.63, 3.8) is 0 Å². The smallest absolute Gasteiger partial charge is 0.305 e. The van der Waals surface area contributed by atoms with Gasteiger partial charge in [0.05, 0.1) is 26.4 Å². The molecule has 0 saturated heterocycles. The third kappa shape index (κ3) is 18.2. The van der Waals surface area contributed by atoms with E-state index in [1.807, 2.05) is 0 Å². The van der Waals surface area contributed by atoms with E-state index in [2.05, 4.69) is 20.8 Å². The first-order chi connectivity index (χ1) is 13.6. The van der Waals surface area contributed by atoms with E-state index in [4.69, 9.17) is 18.9 Å². The second kappa shape index (κ2) is 20.6. The number of ether oxygens (including phenoxy) is 4. The number of unbranched alkanes of at least 4 members (excludes halogenated alkanes) is 3. The summed E-state index contributed by atoms with van der Waals surface area (Å²) in [6.45, 7) is 9.42. The number of esters is 2. The fourth-order valence-corrected chi connectivity index (χ4v) is 2.57. The fraction of sp³-hybridized carbons (Fsp3) is 0.909. The molecule has 0 fully saturated rings. The van der Waals surface area contributed by atoms with Crippen LogP contribution in [-0.4, -0.2) is 51.6 Å². The number of carbonyl (C=O) groups excluding carboxylic acids is 2. The lowest BCUT2D eigenvalue weighted by Gasteiger charge is -2.14. The largest absolute Gasteiger partial charge is 0.465 e. The number of rotatable bonds is 20. The summed E-state index contributed by atoms with van der Waals surface area (Å²) < 4.78 is 21.2. The topological polar surface area (TPSA) is 71.1 Å². The molecule has 0 aromatic carbocycles. The molecule has 6 nitrogen and oxygen atoms in total. The molecule has 0 heterocycles. The Labute approximate surface area is 171 Å². The second-order valence-corrected chi connectivity index (χ2v) is 7.11. The van der Waals surface area contributed by atoms with Gasteiger partial charge >= 0.3 is 11.9 Å². The molecule has 1 unspecified atom stereocenters. The van der Waals surface area contributed by atoms with E-state index in [0.29, 0.717) is 58.0 Å². The molecule has 0 aliphatic carbocycles. The average Bonchev–Trinajstić information content (AvgIpc) is 2.70. The van der Waals surface area contributed by atoms with Crippen LogP contribution in [0.2, 0.25) is 0 Å². The lowest BCUT2D eigenvalue weighted by molar-refractivity contribution is -0.147. The van der Waals surface area contributed by atoms with Crippen LogP contribution in [0, 0.1) is 5.92 Å². The monoisotopic (exact) mass is 402 g/mol. The van der Waals surface area contributed by atoms with Gasteiger partial charge in [0.15, 0.2) is 0 Å². The van der Waals surface area contributed by atoms with Crippen LogP contribution in [0.1, 0.15) is 85.0 Å². The Bertz CT molecular complexity index is 372. The highest BCUT2D eigenvalue weighted by atomic mass is 16.6. The zero-order valence-corrected chi connectivity index (χ0v) is 18.3. The summed E-state index contributed by atoms with van der Waals surface area (Å²) in [7, 11) is 0. The van der Waals surface area contributed by atoms with Gasteiger partial charge in [-0.1, -0.05) is 46.5 Å². The van der Waals surface area contributed by atoms with Crippen LogP contribution < -0.4 is 0 Å². The van der Waals surface area contributed by atoms with E-state index in [-0.39, 0.29) is 18.5 Å². The van der Waals surface area contributed by atoms with E-state index in [9.17, 15) is 9.59 Å². The first-order valence-electron chi connectivity index (χ1n) is 11.1. The Kier molecular flexibility index (Phi) is 19.8. The molecule has 1 atom stereocenters. The molecule has 0 N–H and O–H groups in total. The van der Waals surface area contributed by atoms with Gasteiger partial charge in [0.1, 0.15) is 6.61 Å². The first-order valence-corrected chi connectivity index (χ1v) is 11.1. The van der Waals surface area contributed by atoms with Crippen LogP contribution in [0.3, 0.4) is 0 Å². The van der Waals surface area contributed by atoms with Crippen LogP contribution in [-0.2, 0) is 28.5 Å². The van der Waals surface area contributed by atoms with Crippen molar-refractivity contribution in [1.82, 2.24) is 0 Å². The highest BCUT2D eigenvalue weighted by Crippen LogP contribution is 2.13. The summed E-state index contributed by atoms with van der Waals surface area (Å²) in [5, 5.41) is 0. The third-order valence-corrected chi connectivity index (χ3v) is 4.54. The standard InChI is InChI=1S/C22H42O6/c1-4-7-11-20(6-3)19-28-22(24)13-10-9-12-21(23)27-18-17-26-16-15-25-14-8-5-2/h20H,4-19H2,1-3H3. The molecule has 0 amide bonds. The fourth-order valence-electron chi connectivity index (χ4n) is 2.57. The van der Waals surface area contributed by atoms with Gasteiger partial charge < -0.3 is 18.9 Å². The van der Waals surface area contributed by atoms with Gasteiger partial charge in [-0.15, -0.1) is 0 Å². The van der Waals surface area contributed by atoms with Crippen LogP contribution >= 0.6 is 0 Å². The minimum absolute atomic E-state index is 0.169. The van der Waals surface area contributed by atoms with Gasteiger partial charge in [-0.25, -0.2) is 0 Å². The SMILES string of the molecule is CCCCOCCOCCOC(=O)CCCCC(=O)OCC(CC)CCCC. The predicted octanol–water partition coefficient (Wildman–Crippen LogP) is 4.68. The van der Waals surface area contributed by atoms with Crippen LogP contribution in [0.5, 0.6) is 0 Å². The predicted molar refractivity (Wildman–Crippen MR) is 110 cm³/mol. The maximum absolute atomic E-state index is 11.8. The van der Waals surface area contributed by atoms with Crippen LogP contribution in [0.25, 0.3) is 0 Å². The molecule has 0 saturated carbocycles. The summed E-state index contributed by atoms with van der Waals surface area (Å²) in [5.41, 5.74) is 0. The maximum Gasteiger partial charge on any atom is 0.305 e. The van der Waals surface area contributed by atoms with Crippen molar-refractivity contribution >= 4 is 11.9 Å². The Morgan fingerprint density at radius 1 is 0.679 bits per heavy atom. The van der Waals surface area contributed by atoms with Crippen molar-refractivity contribution in [2.75, 3.05) is 39.6 Å². The molecule has 0 radical (unpaired) electrons. The van der Waals surface area contributed by atoms with E-state index in [1.54, 1.807) is 0 Å². The van der Waals surface area contributed by atoms with Gasteiger partial charge in [-0.3, -0.25) is 9.59 Å². The number of hydrogen-bond donors (Lipinski definition) is 0. The van der Waals surface area contributed by atoms with Gasteiger partial charge in [-0.05, 0) is 31.6 Å². The number of hydrogen-bond acceptors (Lipinski definition) is 6. The average molecular weight is 403 g/mol. The maximum atomic E-state index is 11.8. The molecule has 166 valence electrons. The molecule has 0 aliphatic heterocycles. The van der Waals surface area contributed by atoms with Crippen molar-refractivity contribution in [2.45, 2.75) is 85.0 Å². The molecular formula is C22H42O6. The van der Waals surface area contributed by atoms with Crippen molar-refractivity contribution in [3.05, 3.63) is 0 Å². The molecule has 28 heavy (non-hydrogen) atoms. The van der Waals surface area contributed by atoms with Gasteiger partial charge in [-0.2, -0.15) is 0 Å². The molecule has 0 rings (SSSR count). The van der Waals surface area contributed by atoms with E-state index in [0.717, 1.165) is 32.3 Å². The lowest BCUT2D eigenvalue weighted by atomic mass is 10.0. The minimum atomic E-state index is -0.248. The van der Waals surface area contributed by atoms with Gasteiger partial charge in [0.25, 0.3) is 0 Å². The minimum Gasteiger partial charge on any atom is -0.465 e. The molecule has 0 bridgehead atoms. The molecule has 0 spiro atoms. The van der Waals surface area contributed by atoms with Crippen molar-refractivity contribution in [1.29, 1.82) is 0 Å². The Hall–Kier alpha value is -1.14. The lowest BCUT2D eigenvalue weighted by Crippen LogP contribution is -2.14. The molecule has 0 aliphatic rings. The normalized spacial score (nSPS) is 12.0. The Morgan fingerprint density at radius 3 is 1.86 bits per heavy atom. The van der Waals surface area contributed by atoms with Crippen molar-refractivity contribution in [3.8, 4) is 0 Å². The third-order valence-electron chi connectivity index (χ3n) is 4.54. The highest BCUT2D eigenvalue weighted by Gasteiger charge is 2.10. The Balaban J connectivity index is 3.47. The van der Waals surface area contributed by atoms with Crippen LogP contribution in [0.15, 0.2) is 0 Å². The van der Waals surface area contributed by atoms with Crippen molar-refractivity contribution < 1.29 is 28.5 Å². The highest BCUT2D eigenvalue weighted by molar-refractivity contribution is 5.70. The first kappa shape index (κ1) is 26.9. The molecule has 0 aromatic heterocycles. The van der Waals surface area contributed by atoms with E-state index in [1.165, 1.54) is 12.8 Å². The van der Waals surface area contributed by atoms with Crippen molar-refractivity contribution in [2.24, 2.45) is 5.92 Å². The quantitative estimate of drug-likeness (QED) is 0.217. The Morgan fingerprint density at radius 2 is 1.25 bits per heavy atom. The van der Waals surface area contributed by atoms with Gasteiger partial charge in [0, 0.05) is 19.4 Å². The zero-order chi connectivity index (χ0) is 20.9. The summed E-state index contributed by atoms with van der Waals surface area (Å²) >= 11 is 0. The van der Waals surface area contributed by atoms with E-state index < -0.39 is 0 Å². The molecular weight excluding hydrogens is 360 g/mol. The molecule has 0 aromatic rings. The second-order valence-electron chi connectivity index (χ2n) is 7.11. The van der Waals surface area contributed by atoms with E-state index >= 15 is 0 Å².